The lowest BCUT2D eigenvalue weighted by atomic mass is 10.1. The van der Waals surface area contributed by atoms with Gasteiger partial charge in [-0.3, -0.25) is 19.7 Å². The van der Waals surface area contributed by atoms with Crippen LogP contribution in [0, 0.1) is 10.1 Å². The minimum absolute atomic E-state index is 0.00414. The van der Waals surface area contributed by atoms with Crippen molar-refractivity contribution < 1.29 is 62.7 Å². The number of amides is 4. The number of fused-ring (bicyclic) bond motifs is 4. The van der Waals surface area contributed by atoms with Crippen LogP contribution in [-0.4, -0.2) is 136 Å². The summed E-state index contributed by atoms with van der Waals surface area (Å²) in [7, 11) is 5.65. The number of methoxy groups -OCH3 is 2. The van der Waals surface area contributed by atoms with Gasteiger partial charge < -0.3 is 48.4 Å². The van der Waals surface area contributed by atoms with Crippen molar-refractivity contribution >= 4 is 62.7 Å². The molecule has 0 unspecified atom stereocenters. The molecular formula is C48H56N6O14S2. The molecule has 1 saturated carbocycles. The van der Waals surface area contributed by atoms with Crippen LogP contribution in [0.5, 0.6) is 23.0 Å². The molecule has 4 atom stereocenters. The molecule has 1 aliphatic carbocycles. The zero-order chi connectivity index (χ0) is 50.2. The quantitative estimate of drug-likeness (QED) is 0.0465. The van der Waals surface area contributed by atoms with Gasteiger partial charge in [0.15, 0.2) is 35.5 Å². The van der Waals surface area contributed by atoms with E-state index in [2.05, 4.69) is 18.1 Å². The average molecular weight is 1010 g/mol. The highest BCUT2D eigenvalue weighted by Crippen LogP contribution is 2.55. The number of carbonyl (C=O) groups is 4. The molecule has 0 radical (unpaired) electrons. The fourth-order valence-corrected chi connectivity index (χ4v) is 11.3. The number of anilines is 2. The molecule has 2 N–H and O–H groups in total. The lowest BCUT2D eigenvalue weighted by Gasteiger charge is -2.33. The van der Waals surface area contributed by atoms with E-state index in [1.165, 1.54) is 82.1 Å². The summed E-state index contributed by atoms with van der Waals surface area (Å²) in [5, 5.41) is 35.1. The van der Waals surface area contributed by atoms with Gasteiger partial charge in [-0.15, -0.1) is 0 Å². The zero-order valence-corrected chi connectivity index (χ0v) is 41.2. The molecule has 8 rings (SSSR count). The van der Waals surface area contributed by atoms with Crippen molar-refractivity contribution in [2.45, 2.75) is 106 Å². The van der Waals surface area contributed by atoms with Gasteiger partial charge in [0.05, 0.1) is 71.7 Å². The second-order valence-corrected chi connectivity index (χ2v) is 21.4. The van der Waals surface area contributed by atoms with E-state index in [-0.39, 0.29) is 90.5 Å². The van der Waals surface area contributed by atoms with E-state index >= 15 is 0 Å². The molecule has 0 spiro atoms. The topological polar surface area (TPSA) is 233 Å². The molecule has 20 nitrogen and oxygen atoms in total. The number of hydrogen-bond donors (Lipinski definition) is 2. The maximum absolute atomic E-state index is 14.1. The first kappa shape index (κ1) is 50.2. The second-order valence-electron chi connectivity index (χ2n) is 18.8. The van der Waals surface area contributed by atoms with Crippen molar-refractivity contribution in [3.8, 4) is 23.0 Å². The fraction of sp³-hybridized carbons (Fsp3) is 0.479. The Morgan fingerprint density at radius 2 is 1.33 bits per heavy atom. The molecule has 2 saturated heterocycles. The minimum Gasteiger partial charge on any atom is -0.493 e. The van der Waals surface area contributed by atoms with Crippen molar-refractivity contribution in [3.05, 3.63) is 88.1 Å². The van der Waals surface area contributed by atoms with Gasteiger partial charge in [-0.05, 0) is 94.7 Å². The van der Waals surface area contributed by atoms with E-state index < -0.39 is 63.8 Å². The molecule has 0 bridgehead atoms. The van der Waals surface area contributed by atoms with Gasteiger partial charge in [0, 0.05) is 31.3 Å². The molecular weight excluding hydrogens is 949 g/mol. The number of aliphatic hydroxyl groups is 2. The van der Waals surface area contributed by atoms with Crippen molar-refractivity contribution in [2.75, 3.05) is 56.9 Å². The van der Waals surface area contributed by atoms with Gasteiger partial charge >= 0.3 is 12.2 Å². The number of pyridine rings is 1. The molecule has 70 heavy (non-hydrogen) atoms. The summed E-state index contributed by atoms with van der Waals surface area (Å²) < 4.78 is 34.9. The molecule has 1 aromatic heterocycles. The normalized spacial score (nSPS) is 21.2. The molecule has 3 fully saturated rings. The van der Waals surface area contributed by atoms with Gasteiger partial charge in [-0.2, -0.15) is 0 Å². The summed E-state index contributed by atoms with van der Waals surface area (Å²) in [6.45, 7) is 14.0. The number of nitro groups is 1. The van der Waals surface area contributed by atoms with Crippen LogP contribution in [0.3, 0.4) is 0 Å². The average Bonchev–Trinajstić information content (AvgIpc) is 3.86. The molecule has 5 heterocycles. The second kappa shape index (κ2) is 20.2. The highest BCUT2D eigenvalue weighted by molar-refractivity contribution is 8.77. The Hall–Kier alpha value is -6.23. The number of aliphatic hydroxyl groups excluding tert-OH is 2. The van der Waals surface area contributed by atoms with Crippen LogP contribution in [0.15, 0.2) is 71.9 Å². The summed E-state index contributed by atoms with van der Waals surface area (Å²) >= 11 is 0. The van der Waals surface area contributed by atoms with Crippen LogP contribution < -0.4 is 28.7 Å². The number of carbonyl (C=O) groups excluding carboxylic acids is 4. The summed E-state index contributed by atoms with van der Waals surface area (Å²) in [5.74, 6) is 0.169. The van der Waals surface area contributed by atoms with E-state index in [1.54, 1.807) is 26.8 Å². The number of aromatic nitrogens is 1. The van der Waals surface area contributed by atoms with Crippen LogP contribution in [0.25, 0.3) is 0 Å². The van der Waals surface area contributed by atoms with E-state index in [4.69, 9.17) is 28.4 Å². The van der Waals surface area contributed by atoms with Gasteiger partial charge in [0.1, 0.15) is 23.4 Å². The number of unbranched alkanes of at least 4 members (excludes halogenated alkanes) is 2. The Kier molecular flexibility index (Phi) is 14.5. The molecule has 5 aliphatic rings. The van der Waals surface area contributed by atoms with Gasteiger partial charge in [-0.1, -0.05) is 35.1 Å². The Morgan fingerprint density at radius 3 is 1.77 bits per heavy atom. The number of rotatable bonds is 16. The van der Waals surface area contributed by atoms with E-state index in [0.29, 0.717) is 30.7 Å². The van der Waals surface area contributed by atoms with Crippen molar-refractivity contribution in [3.63, 3.8) is 0 Å². The highest BCUT2D eigenvalue weighted by Gasteiger charge is 2.50. The number of hydrogen-bond acceptors (Lipinski definition) is 17. The van der Waals surface area contributed by atoms with E-state index in [9.17, 15) is 39.5 Å². The molecule has 4 aliphatic heterocycles. The molecule has 4 amide bonds. The van der Waals surface area contributed by atoms with Crippen molar-refractivity contribution in [1.82, 2.24) is 14.8 Å². The predicted molar refractivity (Wildman–Crippen MR) is 259 cm³/mol. The lowest BCUT2D eigenvalue weighted by Crippen LogP contribution is -2.51. The predicted octanol–water partition coefficient (Wildman–Crippen LogP) is 7.50. The molecule has 3 aromatic rings. The Labute approximate surface area is 412 Å². The minimum atomic E-state index is -1.48. The summed E-state index contributed by atoms with van der Waals surface area (Å²) in [4.78, 5) is 75.7. The van der Waals surface area contributed by atoms with Crippen LogP contribution in [0.1, 0.15) is 86.4 Å². The largest absolute Gasteiger partial charge is 0.493 e. The SMILES string of the molecule is C=C1C[C@H]2[C@H](O)N(C(=O)OCC3(SSc4ccc([N+](=O)[O-])cn4)CC3)c3cc(OCCCCCOc4cc5c(cc4OC)C(=O)N4CC(=C)C[C@H]4[C@H](O)N5C(=O)OC(C)(C)C)c(OC)cc3C(=O)N2C1. The maximum Gasteiger partial charge on any atom is 0.417 e. The first-order valence-corrected chi connectivity index (χ1v) is 24.9. The Balaban J connectivity index is 0.928. The van der Waals surface area contributed by atoms with E-state index in [0.717, 1.165) is 33.8 Å². The smallest absolute Gasteiger partial charge is 0.417 e. The third-order valence-electron chi connectivity index (χ3n) is 12.5. The molecule has 374 valence electrons. The van der Waals surface area contributed by atoms with Gasteiger partial charge in [0.25, 0.3) is 17.5 Å². The van der Waals surface area contributed by atoms with E-state index in [1.807, 2.05) is 0 Å². The fourth-order valence-electron chi connectivity index (χ4n) is 8.74. The lowest BCUT2D eigenvalue weighted by molar-refractivity contribution is -0.385. The molecule has 22 heteroatoms. The summed E-state index contributed by atoms with van der Waals surface area (Å²) in [6, 6.07) is 7.42. The number of benzene rings is 2. The standard InChI is InChI=1S/C48H56N6O14S2/c1-27-17-34-43(57)52(45(59)67-26-48(13-14-48)70-69-40-12-11-29(23-49-40)54(61)62)32-21-38(36(63-6)19-30(32)41(55)50(34)24-27)65-15-9-8-10-16-66-39-22-33-31(20-37(39)64-7)42(56)51-25-28(2)18-35(51)44(58)53(33)46(60)68-47(3,4)5/h11-12,19-23,34-35,43-44,57-58H,1-2,8-10,13-18,24-26H2,3-7H3/t34-,35-,43-,44-/m0/s1. The van der Waals surface area contributed by atoms with Crippen LogP contribution in [0.4, 0.5) is 26.7 Å². The van der Waals surface area contributed by atoms with Crippen molar-refractivity contribution in [1.29, 1.82) is 0 Å². The first-order chi connectivity index (χ1) is 33.3. The Bertz CT molecular complexity index is 2590. The van der Waals surface area contributed by atoms with Gasteiger partial charge in [0.2, 0.25) is 0 Å². The first-order valence-electron chi connectivity index (χ1n) is 22.8. The zero-order valence-electron chi connectivity index (χ0n) is 39.5. The summed E-state index contributed by atoms with van der Waals surface area (Å²) in [5.41, 5.74) is 0.922. The number of nitrogens with zero attached hydrogens (tertiary/aromatic N) is 6. The summed E-state index contributed by atoms with van der Waals surface area (Å²) in [6.07, 6.45) is 0.356. The van der Waals surface area contributed by atoms with Crippen molar-refractivity contribution in [2.24, 2.45) is 0 Å². The van der Waals surface area contributed by atoms with Gasteiger partial charge in [-0.25, -0.2) is 24.4 Å². The van der Waals surface area contributed by atoms with Crippen LogP contribution in [0.2, 0.25) is 0 Å². The third kappa shape index (κ3) is 10.4. The Morgan fingerprint density at radius 1 is 0.814 bits per heavy atom. The number of ether oxygens (including phenoxy) is 6. The van der Waals surface area contributed by atoms with Crippen LogP contribution >= 0.6 is 21.6 Å². The monoisotopic (exact) mass is 1000 g/mol. The highest BCUT2D eigenvalue weighted by atomic mass is 33.1. The van der Waals surface area contributed by atoms with Crippen LogP contribution in [-0.2, 0) is 9.47 Å². The third-order valence-corrected chi connectivity index (χ3v) is 15.7. The molecule has 2 aromatic carbocycles. The maximum atomic E-state index is 14.1.